The van der Waals surface area contributed by atoms with Gasteiger partial charge in [0.15, 0.2) is 0 Å². The summed E-state index contributed by atoms with van der Waals surface area (Å²) in [6.07, 6.45) is 3.20. The van der Waals surface area contributed by atoms with Gasteiger partial charge in [-0.05, 0) is 44.2 Å². The van der Waals surface area contributed by atoms with E-state index in [4.69, 9.17) is 25.5 Å². The number of hydrogen-bond acceptors (Lipinski definition) is 6. The highest BCUT2D eigenvalue weighted by atomic mass is 35.5. The first kappa shape index (κ1) is 22.4. The van der Waals surface area contributed by atoms with Crippen LogP contribution in [0.2, 0.25) is 5.02 Å². The molecule has 0 spiro atoms. The second-order valence-electron chi connectivity index (χ2n) is 6.98. The monoisotopic (exact) mass is 441 g/mol. The second kappa shape index (κ2) is 10.1. The fourth-order valence-electron chi connectivity index (χ4n) is 2.93. The molecule has 0 aliphatic heterocycles. The Morgan fingerprint density at radius 2 is 1.94 bits per heavy atom. The first-order valence-corrected chi connectivity index (χ1v) is 10.1. The van der Waals surface area contributed by atoms with E-state index in [1.807, 2.05) is 38.1 Å². The average molecular weight is 442 g/mol. The molecule has 0 saturated carbocycles. The van der Waals surface area contributed by atoms with Crippen molar-refractivity contribution >= 4 is 23.6 Å². The molecule has 0 radical (unpaired) electrons. The molecule has 3 rings (SSSR count). The van der Waals surface area contributed by atoms with Crippen molar-refractivity contribution in [2.75, 3.05) is 14.2 Å². The van der Waals surface area contributed by atoms with Crippen LogP contribution >= 0.6 is 11.6 Å². The minimum Gasteiger partial charge on any atom is -0.497 e. The lowest BCUT2D eigenvalue weighted by Gasteiger charge is -2.23. The molecule has 1 heterocycles. The molecule has 0 aliphatic rings. The number of methoxy groups -OCH3 is 2. The van der Waals surface area contributed by atoms with Crippen molar-refractivity contribution in [3.8, 4) is 23.0 Å². The maximum Gasteiger partial charge on any atom is 0.249 e. The molecule has 0 atom stereocenters. The standard InChI is InChI=1S/C23H24ClN3O4/c1-15(2)27(14-21-25-26-23(31-21)18-7-5-6-8-19(18)24)22(28)12-10-16-9-11-17(29-3)13-20(16)30-4/h5-13,15H,14H2,1-4H3. The molecule has 2 aromatic carbocycles. The van der Waals surface area contributed by atoms with Crippen LogP contribution in [0.25, 0.3) is 17.5 Å². The van der Waals surface area contributed by atoms with Gasteiger partial charge in [0.2, 0.25) is 17.7 Å². The number of rotatable bonds is 8. The number of carbonyl (C=O) groups excluding carboxylic acids is 1. The van der Waals surface area contributed by atoms with E-state index < -0.39 is 0 Å². The Kier molecular flexibility index (Phi) is 7.31. The molecule has 0 N–H and O–H groups in total. The van der Waals surface area contributed by atoms with Crippen molar-refractivity contribution in [3.05, 3.63) is 65.0 Å². The Balaban J connectivity index is 1.76. The average Bonchev–Trinajstić information content (AvgIpc) is 3.24. The third kappa shape index (κ3) is 5.44. The number of aromatic nitrogens is 2. The van der Waals surface area contributed by atoms with Gasteiger partial charge in [0.25, 0.3) is 0 Å². The van der Waals surface area contributed by atoms with E-state index >= 15 is 0 Å². The molecule has 0 aliphatic carbocycles. The third-order valence-electron chi connectivity index (χ3n) is 4.63. The van der Waals surface area contributed by atoms with Crippen molar-refractivity contribution < 1.29 is 18.7 Å². The number of hydrogen-bond donors (Lipinski definition) is 0. The molecule has 31 heavy (non-hydrogen) atoms. The zero-order chi connectivity index (χ0) is 22.4. The summed E-state index contributed by atoms with van der Waals surface area (Å²) in [5, 5.41) is 8.66. The van der Waals surface area contributed by atoms with Gasteiger partial charge in [-0.2, -0.15) is 0 Å². The van der Waals surface area contributed by atoms with Crippen LogP contribution in [0.3, 0.4) is 0 Å². The van der Waals surface area contributed by atoms with Gasteiger partial charge in [-0.3, -0.25) is 4.79 Å². The molecule has 7 nitrogen and oxygen atoms in total. The fraction of sp³-hybridized carbons (Fsp3) is 0.261. The Labute approximate surface area is 186 Å². The maximum atomic E-state index is 12.9. The number of carbonyl (C=O) groups is 1. The van der Waals surface area contributed by atoms with Crippen LogP contribution in [0.1, 0.15) is 25.3 Å². The fourth-order valence-corrected chi connectivity index (χ4v) is 3.15. The molecule has 162 valence electrons. The highest BCUT2D eigenvalue weighted by Gasteiger charge is 2.20. The molecule has 3 aromatic rings. The van der Waals surface area contributed by atoms with Gasteiger partial charge >= 0.3 is 0 Å². The predicted molar refractivity (Wildman–Crippen MR) is 119 cm³/mol. The summed E-state index contributed by atoms with van der Waals surface area (Å²) < 4.78 is 16.3. The van der Waals surface area contributed by atoms with E-state index in [2.05, 4.69) is 10.2 Å². The van der Waals surface area contributed by atoms with Crippen molar-refractivity contribution in [1.82, 2.24) is 15.1 Å². The zero-order valence-electron chi connectivity index (χ0n) is 17.8. The van der Waals surface area contributed by atoms with E-state index in [-0.39, 0.29) is 18.5 Å². The van der Waals surface area contributed by atoms with Crippen molar-refractivity contribution in [2.24, 2.45) is 0 Å². The third-order valence-corrected chi connectivity index (χ3v) is 4.96. The number of amides is 1. The van der Waals surface area contributed by atoms with Gasteiger partial charge in [0.05, 0.1) is 31.4 Å². The number of halogens is 1. The summed E-state index contributed by atoms with van der Waals surface area (Å²) in [5.41, 5.74) is 1.41. The molecular formula is C23H24ClN3O4. The zero-order valence-corrected chi connectivity index (χ0v) is 18.6. The van der Waals surface area contributed by atoms with Gasteiger partial charge in [-0.25, -0.2) is 0 Å². The van der Waals surface area contributed by atoms with E-state index in [0.29, 0.717) is 33.9 Å². The van der Waals surface area contributed by atoms with Crippen LogP contribution in [0.15, 0.2) is 53.0 Å². The van der Waals surface area contributed by atoms with E-state index in [1.54, 1.807) is 43.4 Å². The summed E-state index contributed by atoms with van der Waals surface area (Å²) in [6, 6.07) is 12.5. The van der Waals surface area contributed by atoms with Crippen molar-refractivity contribution in [2.45, 2.75) is 26.4 Å². The Bertz CT molecular complexity index is 1080. The van der Waals surface area contributed by atoms with Crippen LogP contribution in [0.4, 0.5) is 0 Å². The largest absolute Gasteiger partial charge is 0.497 e. The molecule has 0 bridgehead atoms. The summed E-state index contributed by atoms with van der Waals surface area (Å²) >= 11 is 6.20. The number of ether oxygens (including phenoxy) is 2. The molecule has 1 amide bonds. The Morgan fingerprint density at radius 1 is 1.16 bits per heavy atom. The number of nitrogens with zero attached hydrogens (tertiary/aromatic N) is 3. The maximum absolute atomic E-state index is 12.9. The van der Waals surface area contributed by atoms with Crippen LogP contribution in [0, 0.1) is 0 Å². The van der Waals surface area contributed by atoms with Crippen LogP contribution < -0.4 is 9.47 Å². The quantitative estimate of drug-likeness (QED) is 0.464. The van der Waals surface area contributed by atoms with Gasteiger partial charge < -0.3 is 18.8 Å². The van der Waals surface area contributed by atoms with Crippen molar-refractivity contribution in [3.63, 3.8) is 0 Å². The summed E-state index contributed by atoms with van der Waals surface area (Å²) in [7, 11) is 3.16. The van der Waals surface area contributed by atoms with Gasteiger partial charge in [-0.1, -0.05) is 23.7 Å². The van der Waals surface area contributed by atoms with Gasteiger partial charge in [-0.15, -0.1) is 10.2 Å². The molecule has 0 fully saturated rings. The molecule has 8 heteroatoms. The van der Waals surface area contributed by atoms with Gasteiger partial charge in [0, 0.05) is 23.7 Å². The minimum atomic E-state index is -0.189. The summed E-state index contributed by atoms with van der Waals surface area (Å²) in [6.45, 7) is 4.02. The molecule has 1 aromatic heterocycles. The SMILES string of the molecule is COc1ccc(C=CC(=O)N(Cc2nnc(-c3ccccc3Cl)o2)C(C)C)c(OC)c1. The first-order chi connectivity index (χ1) is 14.9. The van der Waals surface area contributed by atoms with Gasteiger partial charge in [0.1, 0.15) is 11.5 Å². The topological polar surface area (TPSA) is 77.7 Å². The highest BCUT2D eigenvalue weighted by molar-refractivity contribution is 6.33. The summed E-state index contributed by atoms with van der Waals surface area (Å²) in [5.74, 6) is 1.74. The highest BCUT2D eigenvalue weighted by Crippen LogP contribution is 2.27. The minimum absolute atomic E-state index is 0.0782. The first-order valence-electron chi connectivity index (χ1n) is 9.71. The normalized spacial score (nSPS) is 11.2. The number of benzene rings is 2. The Morgan fingerprint density at radius 3 is 2.61 bits per heavy atom. The second-order valence-corrected chi connectivity index (χ2v) is 7.39. The molecule has 0 saturated heterocycles. The summed E-state index contributed by atoms with van der Waals surface area (Å²) in [4.78, 5) is 14.5. The van der Waals surface area contributed by atoms with Crippen LogP contribution in [-0.2, 0) is 11.3 Å². The molecular weight excluding hydrogens is 418 g/mol. The lowest BCUT2D eigenvalue weighted by Crippen LogP contribution is -2.35. The smallest absolute Gasteiger partial charge is 0.249 e. The molecule has 0 unspecified atom stereocenters. The lowest BCUT2D eigenvalue weighted by atomic mass is 10.1. The Hall–Kier alpha value is -3.32. The predicted octanol–water partition coefficient (Wildman–Crippen LogP) is 4.86. The van der Waals surface area contributed by atoms with E-state index in [0.717, 1.165) is 5.56 Å². The van der Waals surface area contributed by atoms with E-state index in [9.17, 15) is 4.79 Å². The van der Waals surface area contributed by atoms with Crippen LogP contribution in [0.5, 0.6) is 11.5 Å². The van der Waals surface area contributed by atoms with E-state index in [1.165, 1.54) is 6.08 Å². The lowest BCUT2D eigenvalue weighted by molar-refractivity contribution is -0.128. The van der Waals surface area contributed by atoms with Crippen molar-refractivity contribution in [1.29, 1.82) is 0 Å². The van der Waals surface area contributed by atoms with Crippen LogP contribution in [-0.4, -0.2) is 41.3 Å².